The van der Waals surface area contributed by atoms with Crippen LogP contribution in [0.4, 0.5) is 0 Å². The van der Waals surface area contributed by atoms with Crippen LogP contribution in [0.25, 0.3) is 11.2 Å². The zero-order valence-corrected chi connectivity index (χ0v) is 15.2. The second-order valence-electron chi connectivity index (χ2n) is 7.05. The summed E-state index contributed by atoms with van der Waals surface area (Å²) in [6, 6.07) is 8.20. The predicted octanol–water partition coefficient (Wildman–Crippen LogP) is 2.62. The van der Waals surface area contributed by atoms with Crippen LogP contribution in [0, 0.1) is 6.92 Å². The lowest BCUT2D eigenvalue weighted by Crippen LogP contribution is -2.38. The van der Waals surface area contributed by atoms with Crippen LogP contribution in [0.2, 0.25) is 0 Å². The van der Waals surface area contributed by atoms with Gasteiger partial charge in [-0.3, -0.25) is 4.79 Å². The Morgan fingerprint density at radius 1 is 1.12 bits per heavy atom. The highest BCUT2D eigenvalue weighted by atomic mass is 16.2. The van der Waals surface area contributed by atoms with E-state index in [4.69, 9.17) is 0 Å². The molecule has 0 bridgehead atoms. The zero-order chi connectivity index (χ0) is 18.1. The Kier molecular flexibility index (Phi) is 4.41. The quantitative estimate of drug-likeness (QED) is 0.729. The fourth-order valence-corrected chi connectivity index (χ4v) is 3.67. The molecule has 134 valence electrons. The standard InChI is InChI=1S/C20H23N5O/c1-14-3-5-15(6-4-14)13-17(26)25-11-7-16(8-12-25)18-19-20(24(2)23-18)22-10-9-21-19/h3-6,9-10,16H,7-8,11-13H2,1-2H3. The third-order valence-corrected chi connectivity index (χ3v) is 5.20. The van der Waals surface area contributed by atoms with Crippen molar-refractivity contribution in [3.05, 3.63) is 53.5 Å². The number of carbonyl (C=O) groups excluding carboxylic acids is 1. The van der Waals surface area contributed by atoms with Gasteiger partial charge in [0, 0.05) is 38.4 Å². The summed E-state index contributed by atoms with van der Waals surface area (Å²) in [5.74, 6) is 0.539. The van der Waals surface area contributed by atoms with E-state index in [1.54, 1.807) is 17.1 Å². The number of hydrogen-bond donors (Lipinski definition) is 0. The summed E-state index contributed by atoms with van der Waals surface area (Å²) in [6.07, 6.45) is 5.72. The van der Waals surface area contributed by atoms with E-state index in [0.29, 0.717) is 12.3 Å². The largest absolute Gasteiger partial charge is 0.342 e. The van der Waals surface area contributed by atoms with Crippen molar-refractivity contribution in [2.45, 2.75) is 32.1 Å². The molecule has 6 nitrogen and oxygen atoms in total. The molecule has 3 aromatic rings. The summed E-state index contributed by atoms with van der Waals surface area (Å²) in [6.45, 7) is 3.60. The highest BCUT2D eigenvalue weighted by molar-refractivity contribution is 5.79. The van der Waals surface area contributed by atoms with Gasteiger partial charge in [0.2, 0.25) is 5.91 Å². The number of aromatic nitrogens is 4. The molecule has 0 atom stereocenters. The Balaban J connectivity index is 1.42. The molecule has 26 heavy (non-hydrogen) atoms. The summed E-state index contributed by atoms with van der Waals surface area (Å²) in [4.78, 5) is 23.4. The Labute approximate surface area is 152 Å². The molecule has 3 heterocycles. The van der Waals surface area contributed by atoms with E-state index in [0.717, 1.165) is 48.4 Å². The van der Waals surface area contributed by atoms with Crippen LogP contribution < -0.4 is 0 Å². The van der Waals surface area contributed by atoms with E-state index < -0.39 is 0 Å². The maximum Gasteiger partial charge on any atom is 0.226 e. The first kappa shape index (κ1) is 16.7. The number of carbonyl (C=O) groups is 1. The molecule has 6 heteroatoms. The van der Waals surface area contributed by atoms with Gasteiger partial charge in [0.25, 0.3) is 0 Å². The number of benzene rings is 1. The lowest BCUT2D eigenvalue weighted by atomic mass is 9.92. The minimum atomic E-state index is 0.206. The highest BCUT2D eigenvalue weighted by Gasteiger charge is 2.27. The maximum absolute atomic E-state index is 12.6. The van der Waals surface area contributed by atoms with Crippen molar-refractivity contribution in [3.63, 3.8) is 0 Å². The third-order valence-electron chi connectivity index (χ3n) is 5.20. The summed E-state index contributed by atoms with van der Waals surface area (Å²) >= 11 is 0. The van der Waals surface area contributed by atoms with Crippen molar-refractivity contribution < 1.29 is 4.79 Å². The van der Waals surface area contributed by atoms with E-state index in [-0.39, 0.29) is 5.91 Å². The second-order valence-corrected chi connectivity index (χ2v) is 7.05. The fourth-order valence-electron chi connectivity index (χ4n) is 3.67. The first-order valence-electron chi connectivity index (χ1n) is 9.09. The average molecular weight is 349 g/mol. The smallest absolute Gasteiger partial charge is 0.226 e. The lowest BCUT2D eigenvalue weighted by molar-refractivity contribution is -0.131. The molecule has 0 aliphatic carbocycles. The predicted molar refractivity (Wildman–Crippen MR) is 99.7 cm³/mol. The van der Waals surface area contributed by atoms with Crippen molar-refractivity contribution in [1.82, 2.24) is 24.6 Å². The Hall–Kier alpha value is -2.76. The number of hydrogen-bond acceptors (Lipinski definition) is 4. The molecule has 1 aromatic carbocycles. The first-order valence-corrected chi connectivity index (χ1v) is 9.09. The molecule has 0 spiro atoms. The SMILES string of the molecule is Cc1ccc(CC(=O)N2CCC(c3nn(C)c4nccnc34)CC2)cc1. The van der Waals surface area contributed by atoms with E-state index in [1.165, 1.54) is 5.56 Å². The van der Waals surface area contributed by atoms with Crippen molar-refractivity contribution in [3.8, 4) is 0 Å². The van der Waals surface area contributed by atoms with Crippen LogP contribution in [0.3, 0.4) is 0 Å². The molecule has 2 aromatic heterocycles. The van der Waals surface area contributed by atoms with E-state index in [2.05, 4.69) is 34.1 Å². The van der Waals surface area contributed by atoms with Crippen LogP contribution in [-0.2, 0) is 18.3 Å². The summed E-state index contributed by atoms with van der Waals surface area (Å²) in [7, 11) is 1.90. The van der Waals surface area contributed by atoms with Crippen molar-refractivity contribution in [2.75, 3.05) is 13.1 Å². The van der Waals surface area contributed by atoms with Crippen molar-refractivity contribution in [1.29, 1.82) is 0 Å². The third kappa shape index (κ3) is 3.19. The molecular formula is C20H23N5O. The van der Waals surface area contributed by atoms with Gasteiger partial charge in [-0.1, -0.05) is 29.8 Å². The van der Waals surface area contributed by atoms with Gasteiger partial charge in [0.15, 0.2) is 5.65 Å². The van der Waals surface area contributed by atoms with E-state index in [9.17, 15) is 4.79 Å². The van der Waals surface area contributed by atoms with Crippen LogP contribution in [-0.4, -0.2) is 43.6 Å². The molecule has 0 radical (unpaired) electrons. The normalized spacial score (nSPS) is 15.5. The van der Waals surface area contributed by atoms with Gasteiger partial charge in [-0.15, -0.1) is 0 Å². The first-order chi connectivity index (χ1) is 12.6. The van der Waals surface area contributed by atoms with Crippen LogP contribution in [0.1, 0.15) is 35.6 Å². The van der Waals surface area contributed by atoms with Crippen molar-refractivity contribution in [2.24, 2.45) is 7.05 Å². The van der Waals surface area contributed by atoms with Gasteiger partial charge in [-0.05, 0) is 25.3 Å². The Morgan fingerprint density at radius 2 is 1.81 bits per heavy atom. The van der Waals surface area contributed by atoms with E-state index >= 15 is 0 Å². The van der Waals surface area contributed by atoms with Crippen LogP contribution >= 0.6 is 0 Å². The molecular weight excluding hydrogens is 326 g/mol. The zero-order valence-electron chi connectivity index (χ0n) is 15.2. The second kappa shape index (κ2) is 6.86. The summed E-state index contributed by atoms with van der Waals surface area (Å²) in [5, 5.41) is 4.65. The Bertz CT molecular complexity index is 923. The molecule has 1 saturated heterocycles. The molecule has 0 saturated carbocycles. The van der Waals surface area contributed by atoms with Gasteiger partial charge >= 0.3 is 0 Å². The molecule has 1 fully saturated rings. The maximum atomic E-state index is 12.6. The molecule has 0 N–H and O–H groups in total. The number of rotatable bonds is 3. The number of amides is 1. The fraction of sp³-hybridized carbons (Fsp3) is 0.400. The summed E-state index contributed by atoms with van der Waals surface area (Å²) in [5.41, 5.74) is 5.02. The topological polar surface area (TPSA) is 63.9 Å². The average Bonchev–Trinajstić information content (AvgIpc) is 3.01. The monoisotopic (exact) mass is 349 g/mol. The lowest BCUT2D eigenvalue weighted by Gasteiger charge is -2.31. The Morgan fingerprint density at radius 3 is 2.54 bits per heavy atom. The minimum absolute atomic E-state index is 0.206. The van der Waals surface area contributed by atoms with Crippen LogP contribution in [0.5, 0.6) is 0 Å². The number of nitrogens with zero attached hydrogens (tertiary/aromatic N) is 5. The van der Waals surface area contributed by atoms with Gasteiger partial charge < -0.3 is 4.90 Å². The molecule has 0 unspecified atom stereocenters. The minimum Gasteiger partial charge on any atom is -0.342 e. The number of aryl methyl sites for hydroxylation is 2. The number of piperidine rings is 1. The number of likely N-dealkylation sites (tertiary alicyclic amines) is 1. The molecule has 1 aliphatic heterocycles. The van der Waals surface area contributed by atoms with Gasteiger partial charge in [0.1, 0.15) is 5.52 Å². The van der Waals surface area contributed by atoms with Gasteiger partial charge in [-0.25, -0.2) is 14.6 Å². The van der Waals surface area contributed by atoms with E-state index in [1.807, 2.05) is 24.1 Å². The molecule has 1 aliphatic rings. The molecule has 1 amide bonds. The number of fused-ring (bicyclic) bond motifs is 1. The van der Waals surface area contributed by atoms with Crippen molar-refractivity contribution >= 4 is 17.1 Å². The highest BCUT2D eigenvalue weighted by Crippen LogP contribution is 2.30. The van der Waals surface area contributed by atoms with Gasteiger partial charge in [-0.2, -0.15) is 5.10 Å². The van der Waals surface area contributed by atoms with Crippen LogP contribution in [0.15, 0.2) is 36.7 Å². The summed E-state index contributed by atoms with van der Waals surface area (Å²) < 4.78 is 1.80. The van der Waals surface area contributed by atoms with Gasteiger partial charge in [0.05, 0.1) is 12.1 Å². The molecule has 4 rings (SSSR count).